The predicted octanol–water partition coefficient (Wildman–Crippen LogP) is 3.90. The van der Waals surface area contributed by atoms with Gasteiger partial charge in [0.1, 0.15) is 5.76 Å². The fraction of sp³-hybridized carbons (Fsp3) is 0.778. The molecule has 1 aromatic rings. The Morgan fingerprint density at radius 1 is 1.32 bits per heavy atom. The summed E-state index contributed by atoms with van der Waals surface area (Å²) in [5.74, 6) is 2.37. The molecule has 124 valence electrons. The number of hydrogen-bond acceptors (Lipinski definition) is 3. The lowest BCUT2D eigenvalue weighted by Gasteiger charge is -2.33. The maximum atomic E-state index is 12.8. The van der Waals surface area contributed by atoms with Crippen molar-refractivity contribution in [2.24, 2.45) is 11.8 Å². The molecule has 4 heteroatoms. The molecule has 0 aromatic carbocycles. The third-order valence-electron chi connectivity index (χ3n) is 5.08. The van der Waals surface area contributed by atoms with Gasteiger partial charge in [-0.15, -0.1) is 0 Å². The zero-order valence-electron chi connectivity index (χ0n) is 14.7. The fourth-order valence-corrected chi connectivity index (χ4v) is 3.52. The second-order valence-corrected chi connectivity index (χ2v) is 7.17. The summed E-state index contributed by atoms with van der Waals surface area (Å²) in [6, 6.07) is 0.391. The lowest BCUT2D eigenvalue weighted by atomic mass is 9.95. The highest BCUT2D eigenvalue weighted by molar-refractivity contribution is 5.77. The number of aromatic nitrogens is 1. The summed E-state index contributed by atoms with van der Waals surface area (Å²) in [6.07, 6.45) is 4.78. The standard InChI is InChI=1S/C18H30N2O2/c1-12(2)17-8-6-13(3)10-11-20(17)18(21)9-7-16-14(4)19-22-15(16)5/h12-13,17H,6-11H2,1-5H3/t13-,17-/m0/s1. The van der Waals surface area contributed by atoms with E-state index in [0.717, 1.165) is 48.7 Å². The molecule has 1 fully saturated rings. The van der Waals surface area contributed by atoms with Crippen molar-refractivity contribution < 1.29 is 9.32 Å². The van der Waals surface area contributed by atoms with Gasteiger partial charge in [-0.25, -0.2) is 0 Å². The van der Waals surface area contributed by atoms with E-state index in [1.807, 2.05) is 13.8 Å². The van der Waals surface area contributed by atoms with Crippen molar-refractivity contribution in [2.45, 2.75) is 72.8 Å². The molecule has 1 aliphatic heterocycles. The van der Waals surface area contributed by atoms with Crippen LogP contribution in [0.4, 0.5) is 0 Å². The van der Waals surface area contributed by atoms with Gasteiger partial charge in [-0.05, 0) is 51.4 Å². The Morgan fingerprint density at radius 3 is 2.64 bits per heavy atom. The first kappa shape index (κ1) is 17.0. The number of aryl methyl sites for hydroxylation is 2. The molecule has 2 heterocycles. The summed E-state index contributed by atoms with van der Waals surface area (Å²) in [5, 5.41) is 3.97. The topological polar surface area (TPSA) is 46.3 Å². The van der Waals surface area contributed by atoms with Crippen molar-refractivity contribution >= 4 is 5.91 Å². The Morgan fingerprint density at radius 2 is 2.05 bits per heavy atom. The van der Waals surface area contributed by atoms with Gasteiger partial charge >= 0.3 is 0 Å². The molecule has 0 N–H and O–H groups in total. The van der Waals surface area contributed by atoms with Crippen LogP contribution in [0.3, 0.4) is 0 Å². The summed E-state index contributed by atoms with van der Waals surface area (Å²) in [7, 11) is 0. The average Bonchev–Trinajstić information content (AvgIpc) is 2.67. The molecule has 1 aromatic heterocycles. The van der Waals surface area contributed by atoms with Crippen molar-refractivity contribution in [3.63, 3.8) is 0 Å². The first-order valence-electron chi connectivity index (χ1n) is 8.61. The van der Waals surface area contributed by atoms with E-state index in [4.69, 9.17) is 4.52 Å². The zero-order valence-corrected chi connectivity index (χ0v) is 14.7. The average molecular weight is 306 g/mol. The molecule has 0 radical (unpaired) electrons. The number of amides is 1. The smallest absolute Gasteiger partial charge is 0.223 e. The normalized spacial score (nSPS) is 22.9. The molecule has 4 nitrogen and oxygen atoms in total. The maximum absolute atomic E-state index is 12.8. The van der Waals surface area contributed by atoms with Crippen molar-refractivity contribution in [1.29, 1.82) is 0 Å². The van der Waals surface area contributed by atoms with Crippen LogP contribution in [0.5, 0.6) is 0 Å². The Kier molecular flexibility index (Phi) is 5.65. The van der Waals surface area contributed by atoms with Gasteiger partial charge in [0, 0.05) is 24.6 Å². The molecule has 0 aliphatic carbocycles. The number of nitrogens with zero attached hydrogens (tertiary/aromatic N) is 2. The summed E-state index contributed by atoms with van der Waals surface area (Å²) in [5.41, 5.74) is 2.01. The van der Waals surface area contributed by atoms with Gasteiger partial charge < -0.3 is 9.42 Å². The first-order chi connectivity index (χ1) is 10.4. The Labute approximate surface area is 134 Å². The molecule has 1 saturated heterocycles. The van der Waals surface area contributed by atoms with Crippen LogP contribution in [-0.2, 0) is 11.2 Å². The molecule has 2 atom stereocenters. The SMILES string of the molecule is Cc1noc(C)c1CCC(=O)N1CC[C@@H](C)CC[C@H]1C(C)C. The highest BCUT2D eigenvalue weighted by Gasteiger charge is 2.29. The highest BCUT2D eigenvalue weighted by Crippen LogP contribution is 2.27. The van der Waals surface area contributed by atoms with Crippen molar-refractivity contribution in [3.8, 4) is 0 Å². The van der Waals surface area contributed by atoms with E-state index in [-0.39, 0.29) is 5.91 Å². The number of rotatable bonds is 4. The minimum atomic E-state index is 0.285. The van der Waals surface area contributed by atoms with Crippen molar-refractivity contribution in [3.05, 3.63) is 17.0 Å². The zero-order chi connectivity index (χ0) is 16.3. The minimum Gasteiger partial charge on any atom is -0.361 e. The van der Waals surface area contributed by atoms with Crippen LogP contribution in [0, 0.1) is 25.7 Å². The van der Waals surface area contributed by atoms with E-state index in [2.05, 4.69) is 30.8 Å². The van der Waals surface area contributed by atoms with Crippen LogP contribution >= 0.6 is 0 Å². The van der Waals surface area contributed by atoms with Gasteiger partial charge in [-0.2, -0.15) is 0 Å². The van der Waals surface area contributed by atoms with Crippen LogP contribution in [-0.4, -0.2) is 28.6 Å². The van der Waals surface area contributed by atoms with Crippen LogP contribution in [0.15, 0.2) is 4.52 Å². The van der Waals surface area contributed by atoms with Crippen LogP contribution in [0.2, 0.25) is 0 Å². The molecule has 0 bridgehead atoms. The number of carbonyl (C=O) groups is 1. The maximum Gasteiger partial charge on any atom is 0.223 e. The number of carbonyl (C=O) groups excluding carboxylic acids is 1. The quantitative estimate of drug-likeness (QED) is 0.847. The van der Waals surface area contributed by atoms with Gasteiger partial charge in [0.05, 0.1) is 5.69 Å². The van der Waals surface area contributed by atoms with Crippen molar-refractivity contribution in [2.75, 3.05) is 6.54 Å². The van der Waals surface area contributed by atoms with E-state index in [1.54, 1.807) is 0 Å². The summed E-state index contributed by atoms with van der Waals surface area (Å²) in [4.78, 5) is 14.9. The largest absolute Gasteiger partial charge is 0.361 e. The van der Waals surface area contributed by atoms with E-state index in [1.165, 1.54) is 6.42 Å². The molecule has 0 unspecified atom stereocenters. The molecule has 0 spiro atoms. The van der Waals surface area contributed by atoms with Gasteiger partial charge in [0.2, 0.25) is 5.91 Å². The Hall–Kier alpha value is -1.32. The summed E-state index contributed by atoms with van der Waals surface area (Å²) < 4.78 is 5.19. The lowest BCUT2D eigenvalue weighted by molar-refractivity contribution is -0.134. The third kappa shape index (κ3) is 3.90. The lowest BCUT2D eigenvalue weighted by Crippen LogP contribution is -2.43. The van der Waals surface area contributed by atoms with Gasteiger partial charge in [-0.1, -0.05) is 25.9 Å². The summed E-state index contributed by atoms with van der Waals surface area (Å²) >= 11 is 0. The molecule has 22 heavy (non-hydrogen) atoms. The molecular weight excluding hydrogens is 276 g/mol. The van der Waals surface area contributed by atoms with Gasteiger partial charge in [0.15, 0.2) is 0 Å². The highest BCUT2D eigenvalue weighted by atomic mass is 16.5. The summed E-state index contributed by atoms with van der Waals surface area (Å²) in [6.45, 7) is 11.5. The van der Waals surface area contributed by atoms with E-state index >= 15 is 0 Å². The Balaban J connectivity index is 2.02. The molecular formula is C18H30N2O2. The van der Waals surface area contributed by atoms with E-state index < -0.39 is 0 Å². The minimum absolute atomic E-state index is 0.285. The molecule has 2 rings (SSSR count). The second kappa shape index (κ2) is 7.30. The second-order valence-electron chi connectivity index (χ2n) is 7.17. The van der Waals surface area contributed by atoms with E-state index in [9.17, 15) is 4.79 Å². The van der Waals surface area contributed by atoms with Gasteiger partial charge in [0.25, 0.3) is 0 Å². The van der Waals surface area contributed by atoms with Crippen LogP contribution in [0.25, 0.3) is 0 Å². The predicted molar refractivity (Wildman–Crippen MR) is 87.7 cm³/mol. The van der Waals surface area contributed by atoms with Crippen LogP contribution < -0.4 is 0 Å². The fourth-order valence-electron chi connectivity index (χ4n) is 3.52. The number of hydrogen-bond donors (Lipinski definition) is 0. The van der Waals surface area contributed by atoms with Crippen LogP contribution in [0.1, 0.15) is 63.5 Å². The first-order valence-corrected chi connectivity index (χ1v) is 8.61. The Bertz CT molecular complexity index is 488. The van der Waals surface area contributed by atoms with Crippen molar-refractivity contribution in [1.82, 2.24) is 10.1 Å². The monoisotopic (exact) mass is 306 g/mol. The molecule has 1 amide bonds. The number of likely N-dealkylation sites (tertiary alicyclic amines) is 1. The molecule has 1 aliphatic rings. The van der Waals surface area contributed by atoms with E-state index in [0.29, 0.717) is 18.4 Å². The van der Waals surface area contributed by atoms with Gasteiger partial charge in [-0.3, -0.25) is 4.79 Å². The molecule has 0 saturated carbocycles. The third-order valence-corrected chi connectivity index (χ3v) is 5.08.